The molecule has 0 fully saturated rings. The molecule has 3 heterocycles. The monoisotopic (exact) mass is 644 g/mol. The fourth-order valence-corrected chi connectivity index (χ4v) is 12.6. The van der Waals surface area contributed by atoms with Crippen molar-refractivity contribution in [1.82, 2.24) is 0 Å². The van der Waals surface area contributed by atoms with Crippen LogP contribution in [0.3, 0.4) is 0 Å². The van der Waals surface area contributed by atoms with Crippen molar-refractivity contribution < 1.29 is 0 Å². The summed E-state index contributed by atoms with van der Waals surface area (Å²) < 4.78 is 7.02. The van der Waals surface area contributed by atoms with E-state index in [9.17, 15) is 0 Å². The standard InChI is InChI=1S/C30H44Se3/c1-4-7-10-13-16-24-21-27(32-23-24)30-26(18-15-12-9-6-3)22-28(33-30)29-25(19-20-31-29)17-14-11-8-5-2/h19-23H,4-18H2,1-3H3. The van der Waals surface area contributed by atoms with E-state index < -0.39 is 0 Å². The van der Waals surface area contributed by atoms with Gasteiger partial charge in [-0.2, -0.15) is 0 Å². The van der Waals surface area contributed by atoms with E-state index in [2.05, 4.69) is 48.9 Å². The van der Waals surface area contributed by atoms with Crippen LogP contribution in [0.5, 0.6) is 0 Å². The van der Waals surface area contributed by atoms with Gasteiger partial charge in [-0.05, 0) is 0 Å². The average Bonchev–Trinajstić information content (AvgIpc) is 3.57. The fraction of sp³-hybridized carbons (Fsp3) is 0.600. The number of hydrogen-bond acceptors (Lipinski definition) is 0. The maximum absolute atomic E-state index is 2.67. The minimum absolute atomic E-state index is 0.525. The number of unbranched alkanes of at least 4 members (excludes halogenated alkanes) is 9. The van der Waals surface area contributed by atoms with Gasteiger partial charge in [0.2, 0.25) is 0 Å². The fourth-order valence-electron chi connectivity index (χ4n) is 4.55. The first kappa shape index (κ1) is 27.6. The first-order valence-electron chi connectivity index (χ1n) is 13.5. The van der Waals surface area contributed by atoms with E-state index in [1.807, 2.05) is 0 Å². The van der Waals surface area contributed by atoms with E-state index in [-0.39, 0.29) is 0 Å². The van der Waals surface area contributed by atoms with Gasteiger partial charge in [0.1, 0.15) is 0 Å². The molecule has 3 aromatic rings. The molecule has 3 heteroatoms. The van der Waals surface area contributed by atoms with Crippen molar-refractivity contribution in [3.05, 3.63) is 44.8 Å². The van der Waals surface area contributed by atoms with Crippen molar-refractivity contribution in [3.8, 4) is 17.7 Å². The normalized spacial score (nSPS) is 11.5. The minimum atomic E-state index is 0.525. The Hall–Kier alpha value is -0.00156. The average molecular weight is 642 g/mol. The van der Waals surface area contributed by atoms with E-state index in [0.29, 0.717) is 43.5 Å². The molecule has 0 amide bonds. The van der Waals surface area contributed by atoms with Gasteiger partial charge >= 0.3 is 223 Å². The molecule has 0 spiro atoms. The zero-order valence-electron chi connectivity index (χ0n) is 21.2. The van der Waals surface area contributed by atoms with Gasteiger partial charge in [-0.25, -0.2) is 0 Å². The van der Waals surface area contributed by atoms with Crippen LogP contribution in [0.1, 0.15) is 115 Å². The molecule has 3 aromatic heterocycles. The van der Waals surface area contributed by atoms with Crippen LogP contribution < -0.4 is 0 Å². The van der Waals surface area contributed by atoms with Crippen LogP contribution in [0, 0.1) is 0 Å². The van der Waals surface area contributed by atoms with Crippen molar-refractivity contribution in [2.75, 3.05) is 0 Å². The van der Waals surface area contributed by atoms with Gasteiger partial charge in [-0.3, -0.25) is 0 Å². The van der Waals surface area contributed by atoms with E-state index in [4.69, 9.17) is 0 Å². The molecule has 0 radical (unpaired) electrons. The van der Waals surface area contributed by atoms with E-state index in [1.165, 1.54) is 96.3 Å². The number of rotatable bonds is 17. The van der Waals surface area contributed by atoms with E-state index in [1.54, 1.807) is 34.4 Å². The first-order valence-corrected chi connectivity index (χ1v) is 18.9. The Kier molecular flexibility index (Phi) is 13.3. The molecule has 0 bridgehead atoms. The van der Waals surface area contributed by atoms with Gasteiger partial charge in [-0.1, -0.05) is 0 Å². The number of aryl methyl sites for hydroxylation is 3. The molecule has 0 aliphatic rings. The summed E-state index contributed by atoms with van der Waals surface area (Å²) in [5.41, 5.74) is 5.05. The molecular formula is C30H44Se3. The third kappa shape index (κ3) is 8.86. The second-order valence-corrected chi connectivity index (χ2v) is 15.5. The predicted octanol–water partition coefficient (Wildman–Crippen LogP) is 8.56. The molecule has 182 valence electrons. The Bertz CT molecular complexity index is 911. The Morgan fingerprint density at radius 3 is 1.88 bits per heavy atom. The van der Waals surface area contributed by atoms with Crippen molar-refractivity contribution in [1.29, 1.82) is 0 Å². The Labute approximate surface area is 221 Å². The molecule has 0 N–H and O–H groups in total. The summed E-state index contributed by atoms with van der Waals surface area (Å²) in [5.74, 6) is 0. The van der Waals surface area contributed by atoms with Crippen LogP contribution in [-0.4, -0.2) is 43.5 Å². The van der Waals surface area contributed by atoms with Gasteiger partial charge in [-0.15, -0.1) is 0 Å². The third-order valence-corrected chi connectivity index (χ3v) is 14.6. The zero-order chi connectivity index (χ0) is 23.3. The summed E-state index contributed by atoms with van der Waals surface area (Å²) in [4.78, 5) is 5.09. The molecule has 0 unspecified atom stereocenters. The Balaban J connectivity index is 1.77. The zero-order valence-corrected chi connectivity index (χ0v) is 26.4. The van der Waals surface area contributed by atoms with Gasteiger partial charge in [0.05, 0.1) is 0 Å². The molecule has 0 nitrogen and oxygen atoms in total. The van der Waals surface area contributed by atoms with Crippen LogP contribution >= 0.6 is 0 Å². The summed E-state index contributed by atoms with van der Waals surface area (Å²) >= 11 is 1.65. The molecule has 0 saturated heterocycles. The quantitative estimate of drug-likeness (QED) is 0.102. The molecule has 3 rings (SSSR count). The van der Waals surface area contributed by atoms with Crippen LogP contribution in [0.25, 0.3) is 17.7 Å². The second kappa shape index (κ2) is 15.9. The van der Waals surface area contributed by atoms with Gasteiger partial charge < -0.3 is 0 Å². The van der Waals surface area contributed by atoms with Gasteiger partial charge in [0.15, 0.2) is 0 Å². The summed E-state index contributed by atoms with van der Waals surface area (Å²) in [6.45, 7) is 6.95. The molecule has 33 heavy (non-hydrogen) atoms. The van der Waals surface area contributed by atoms with Crippen molar-refractivity contribution in [3.63, 3.8) is 0 Å². The second-order valence-electron chi connectivity index (χ2n) is 9.49. The van der Waals surface area contributed by atoms with E-state index in [0.717, 1.165) is 0 Å². The maximum atomic E-state index is 2.67. The van der Waals surface area contributed by atoms with Crippen molar-refractivity contribution in [2.45, 2.75) is 117 Å². The predicted molar refractivity (Wildman–Crippen MR) is 152 cm³/mol. The molecule has 0 aliphatic heterocycles. The molecule has 0 aliphatic carbocycles. The Morgan fingerprint density at radius 2 is 1.21 bits per heavy atom. The summed E-state index contributed by atoms with van der Waals surface area (Å²) in [5, 5.41) is 0. The first-order chi connectivity index (χ1) is 16.3. The number of hydrogen-bond donors (Lipinski definition) is 0. The van der Waals surface area contributed by atoms with Crippen molar-refractivity contribution >= 4 is 43.5 Å². The molecule has 0 aromatic carbocycles. The third-order valence-electron chi connectivity index (χ3n) is 6.58. The van der Waals surface area contributed by atoms with Gasteiger partial charge in [0, 0.05) is 0 Å². The van der Waals surface area contributed by atoms with Crippen LogP contribution in [0.2, 0.25) is 0 Å². The SMILES string of the molecule is CCCCCCc1c[se]c(-c2[se]c(-c3[se]ccc3CCCCCC)cc2CCCCCC)c1. The van der Waals surface area contributed by atoms with Crippen LogP contribution in [0.4, 0.5) is 0 Å². The summed E-state index contributed by atoms with van der Waals surface area (Å²) in [6.07, 6.45) is 20.4. The van der Waals surface area contributed by atoms with Crippen LogP contribution in [-0.2, 0) is 19.3 Å². The Morgan fingerprint density at radius 1 is 0.576 bits per heavy atom. The topological polar surface area (TPSA) is 0 Å². The molecule has 0 saturated carbocycles. The van der Waals surface area contributed by atoms with Crippen molar-refractivity contribution in [2.24, 2.45) is 0 Å². The summed E-state index contributed by atoms with van der Waals surface area (Å²) in [6, 6.07) is 7.77. The van der Waals surface area contributed by atoms with Crippen LogP contribution in [0.15, 0.2) is 28.1 Å². The summed E-state index contributed by atoms with van der Waals surface area (Å²) in [7, 11) is 0. The molecule has 0 atom stereocenters. The van der Waals surface area contributed by atoms with Gasteiger partial charge in [0.25, 0.3) is 0 Å². The molecular weight excluding hydrogens is 597 g/mol. The van der Waals surface area contributed by atoms with E-state index >= 15 is 0 Å².